The van der Waals surface area contributed by atoms with Gasteiger partial charge in [0.15, 0.2) is 0 Å². The fraction of sp³-hybridized carbons (Fsp3) is 0.333. The van der Waals surface area contributed by atoms with E-state index < -0.39 is 0 Å². The van der Waals surface area contributed by atoms with E-state index in [2.05, 4.69) is 33.7 Å². The molecule has 0 aliphatic carbocycles. The van der Waals surface area contributed by atoms with Crippen molar-refractivity contribution < 1.29 is 0 Å². The van der Waals surface area contributed by atoms with Gasteiger partial charge in [-0.25, -0.2) is 9.97 Å². The minimum absolute atomic E-state index is 0.713. The lowest BCUT2D eigenvalue weighted by molar-refractivity contribution is 1.01. The van der Waals surface area contributed by atoms with Crippen LogP contribution in [0, 0.1) is 20.8 Å². The lowest BCUT2D eigenvalue weighted by Crippen LogP contribution is -2.04. The minimum atomic E-state index is 0.713. The van der Waals surface area contributed by atoms with Crippen molar-refractivity contribution in [2.45, 2.75) is 27.3 Å². The third-order valence-corrected chi connectivity index (χ3v) is 3.38. The molecular weight excluding hydrogens is 218 g/mol. The zero-order valence-electron chi connectivity index (χ0n) is 9.74. The van der Waals surface area contributed by atoms with E-state index in [0.29, 0.717) is 5.95 Å². The van der Waals surface area contributed by atoms with Gasteiger partial charge in [0.25, 0.3) is 0 Å². The molecule has 0 unspecified atom stereocenters. The number of aromatic nitrogens is 2. The van der Waals surface area contributed by atoms with Crippen LogP contribution in [0.3, 0.4) is 0 Å². The maximum Gasteiger partial charge on any atom is 0.223 e. The van der Waals surface area contributed by atoms with E-state index in [1.807, 2.05) is 19.9 Å². The molecule has 0 aliphatic rings. The summed E-state index contributed by atoms with van der Waals surface area (Å²) in [4.78, 5) is 10.0. The summed E-state index contributed by atoms with van der Waals surface area (Å²) in [5.41, 5.74) is 3.32. The third-order valence-electron chi connectivity index (χ3n) is 2.36. The van der Waals surface area contributed by atoms with Gasteiger partial charge in [-0.1, -0.05) is 0 Å². The maximum absolute atomic E-state index is 4.35. The van der Waals surface area contributed by atoms with Gasteiger partial charge in [0.2, 0.25) is 5.95 Å². The molecule has 84 valence electrons. The molecule has 2 rings (SSSR count). The van der Waals surface area contributed by atoms with Crippen LogP contribution >= 0.6 is 11.3 Å². The zero-order chi connectivity index (χ0) is 11.5. The molecule has 3 nitrogen and oxygen atoms in total. The van der Waals surface area contributed by atoms with Gasteiger partial charge in [-0.15, -0.1) is 11.3 Å². The van der Waals surface area contributed by atoms with Crippen LogP contribution in [0.15, 0.2) is 17.5 Å². The zero-order valence-corrected chi connectivity index (χ0v) is 10.6. The number of nitrogens with zero attached hydrogens (tertiary/aromatic N) is 2. The predicted molar refractivity (Wildman–Crippen MR) is 67.9 cm³/mol. The molecule has 0 fully saturated rings. The van der Waals surface area contributed by atoms with Gasteiger partial charge in [0.05, 0.1) is 6.54 Å². The number of anilines is 1. The highest BCUT2D eigenvalue weighted by molar-refractivity contribution is 7.10. The lowest BCUT2D eigenvalue weighted by Gasteiger charge is -2.05. The van der Waals surface area contributed by atoms with Crippen LogP contribution in [-0.4, -0.2) is 9.97 Å². The average Bonchev–Trinajstić information content (AvgIpc) is 2.59. The summed E-state index contributed by atoms with van der Waals surface area (Å²) in [7, 11) is 0. The first-order valence-electron chi connectivity index (χ1n) is 5.24. The fourth-order valence-corrected chi connectivity index (χ4v) is 2.40. The smallest absolute Gasteiger partial charge is 0.223 e. The summed E-state index contributed by atoms with van der Waals surface area (Å²) in [6.45, 7) is 6.88. The molecule has 0 saturated carbocycles. The average molecular weight is 233 g/mol. The van der Waals surface area contributed by atoms with Gasteiger partial charge in [-0.2, -0.15) is 0 Å². The number of thiophene rings is 1. The molecule has 0 saturated heterocycles. The molecule has 0 atom stereocenters. The Bertz CT molecular complexity index is 471. The summed E-state index contributed by atoms with van der Waals surface area (Å²) in [5, 5.41) is 5.36. The number of rotatable bonds is 3. The molecule has 0 amide bonds. The van der Waals surface area contributed by atoms with Gasteiger partial charge in [0.1, 0.15) is 0 Å². The molecule has 0 bridgehead atoms. The van der Waals surface area contributed by atoms with E-state index in [9.17, 15) is 0 Å². The Morgan fingerprint density at radius 3 is 2.44 bits per heavy atom. The van der Waals surface area contributed by atoms with Crippen molar-refractivity contribution in [3.63, 3.8) is 0 Å². The molecule has 2 aromatic rings. The van der Waals surface area contributed by atoms with Crippen LogP contribution in [0.25, 0.3) is 0 Å². The van der Waals surface area contributed by atoms with Gasteiger partial charge >= 0.3 is 0 Å². The van der Waals surface area contributed by atoms with E-state index in [4.69, 9.17) is 0 Å². The molecule has 16 heavy (non-hydrogen) atoms. The molecule has 2 aromatic heterocycles. The summed E-state index contributed by atoms with van der Waals surface area (Å²) >= 11 is 1.76. The van der Waals surface area contributed by atoms with Crippen molar-refractivity contribution in [2.24, 2.45) is 0 Å². The summed E-state index contributed by atoms with van der Waals surface area (Å²) in [6.07, 6.45) is 0. The Morgan fingerprint density at radius 2 is 1.88 bits per heavy atom. The molecule has 0 radical (unpaired) electrons. The van der Waals surface area contributed by atoms with Crippen molar-refractivity contribution in [2.75, 3.05) is 5.32 Å². The first kappa shape index (κ1) is 11.1. The SMILES string of the molecule is Cc1cc(C)nc(NCc2sccc2C)n1. The van der Waals surface area contributed by atoms with Crippen LogP contribution in [0.1, 0.15) is 21.8 Å². The van der Waals surface area contributed by atoms with Crippen LogP contribution < -0.4 is 5.32 Å². The predicted octanol–water partition coefficient (Wildman–Crippen LogP) is 3.08. The topological polar surface area (TPSA) is 37.8 Å². The Morgan fingerprint density at radius 1 is 1.19 bits per heavy atom. The van der Waals surface area contributed by atoms with Crippen LogP contribution in [-0.2, 0) is 6.54 Å². The Labute approximate surface area is 99.6 Å². The minimum Gasteiger partial charge on any atom is -0.349 e. The van der Waals surface area contributed by atoms with Crippen molar-refractivity contribution in [3.05, 3.63) is 39.3 Å². The largest absolute Gasteiger partial charge is 0.349 e. The highest BCUT2D eigenvalue weighted by atomic mass is 32.1. The monoisotopic (exact) mass is 233 g/mol. The summed E-state index contributed by atoms with van der Waals surface area (Å²) in [5.74, 6) is 0.713. The fourth-order valence-electron chi connectivity index (χ4n) is 1.55. The first-order valence-corrected chi connectivity index (χ1v) is 6.12. The Hall–Kier alpha value is -1.42. The summed E-state index contributed by atoms with van der Waals surface area (Å²) in [6, 6.07) is 4.10. The molecule has 2 heterocycles. The maximum atomic E-state index is 4.35. The highest BCUT2D eigenvalue weighted by Gasteiger charge is 2.02. The van der Waals surface area contributed by atoms with Gasteiger partial charge in [-0.3, -0.25) is 0 Å². The van der Waals surface area contributed by atoms with Gasteiger partial charge in [-0.05, 0) is 43.8 Å². The van der Waals surface area contributed by atoms with Crippen molar-refractivity contribution in [1.82, 2.24) is 9.97 Å². The van der Waals surface area contributed by atoms with E-state index in [1.54, 1.807) is 11.3 Å². The molecular formula is C12H15N3S. The van der Waals surface area contributed by atoms with Crippen molar-refractivity contribution in [1.29, 1.82) is 0 Å². The van der Waals surface area contributed by atoms with Crippen molar-refractivity contribution in [3.8, 4) is 0 Å². The lowest BCUT2D eigenvalue weighted by atomic mass is 10.3. The molecule has 4 heteroatoms. The van der Waals surface area contributed by atoms with Crippen LogP contribution in [0.4, 0.5) is 5.95 Å². The first-order chi connectivity index (χ1) is 7.65. The number of hydrogen-bond acceptors (Lipinski definition) is 4. The number of hydrogen-bond donors (Lipinski definition) is 1. The molecule has 0 aromatic carbocycles. The second-order valence-electron chi connectivity index (χ2n) is 3.85. The van der Waals surface area contributed by atoms with Gasteiger partial charge < -0.3 is 5.32 Å². The summed E-state index contributed by atoms with van der Waals surface area (Å²) < 4.78 is 0. The molecule has 0 aliphatic heterocycles. The number of aryl methyl sites for hydroxylation is 3. The van der Waals surface area contributed by atoms with E-state index >= 15 is 0 Å². The van der Waals surface area contributed by atoms with Crippen LogP contribution in [0.5, 0.6) is 0 Å². The molecule has 0 spiro atoms. The van der Waals surface area contributed by atoms with E-state index in [1.165, 1.54) is 10.4 Å². The van der Waals surface area contributed by atoms with Gasteiger partial charge in [0, 0.05) is 16.3 Å². The van der Waals surface area contributed by atoms with E-state index in [0.717, 1.165) is 17.9 Å². The van der Waals surface area contributed by atoms with Crippen LogP contribution in [0.2, 0.25) is 0 Å². The second kappa shape index (κ2) is 4.61. The quantitative estimate of drug-likeness (QED) is 0.885. The Balaban J connectivity index is 2.07. The highest BCUT2D eigenvalue weighted by Crippen LogP contribution is 2.16. The molecule has 1 N–H and O–H groups in total. The second-order valence-corrected chi connectivity index (χ2v) is 4.86. The third kappa shape index (κ3) is 2.58. The standard InChI is InChI=1S/C12H15N3S/c1-8-4-5-16-11(8)7-13-12-14-9(2)6-10(3)15-12/h4-6H,7H2,1-3H3,(H,13,14,15). The van der Waals surface area contributed by atoms with Crippen molar-refractivity contribution >= 4 is 17.3 Å². The normalized spacial score (nSPS) is 10.4. The van der Waals surface area contributed by atoms with E-state index in [-0.39, 0.29) is 0 Å². The number of nitrogens with one attached hydrogen (secondary N) is 1. The Kier molecular flexibility index (Phi) is 3.19.